The maximum absolute atomic E-state index is 11.7. The Morgan fingerprint density at radius 1 is 1.40 bits per heavy atom. The Balaban J connectivity index is 2.52. The van der Waals surface area contributed by atoms with Crippen molar-refractivity contribution in [2.24, 2.45) is 0 Å². The van der Waals surface area contributed by atoms with Crippen molar-refractivity contribution in [1.82, 2.24) is 5.32 Å². The van der Waals surface area contributed by atoms with Gasteiger partial charge >= 0.3 is 0 Å². The second kappa shape index (κ2) is 9.30. The van der Waals surface area contributed by atoms with Crippen LogP contribution in [0.3, 0.4) is 0 Å². The molecule has 20 heavy (non-hydrogen) atoms. The van der Waals surface area contributed by atoms with E-state index in [-0.39, 0.29) is 19.1 Å². The zero-order valence-corrected chi connectivity index (χ0v) is 11.9. The van der Waals surface area contributed by atoms with Crippen molar-refractivity contribution in [3.05, 3.63) is 23.8 Å². The third kappa shape index (κ3) is 5.56. The largest absolute Gasteiger partial charge is 0.494 e. The summed E-state index contributed by atoms with van der Waals surface area (Å²) in [5.41, 5.74) is 1.29. The van der Waals surface area contributed by atoms with Crippen molar-refractivity contribution >= 4 is 11.6 Å². The molecule has 0 aromatic heterocycles. The van der Waals surface area contributed by atoms with Gasteiger partial charge in [-0.15, -0.1) is 0 Å². The number of hydrogen-bond donors (Lipinski definition) is 3. The molecule has 1 aromatic carbocycles. The molecule has 0 heterocycles. The van der Waals surface area contributed by atoms with Gasteiger partial charge in [0.2, 0.25) is 5.91 Å². The second-order valence-electron chi connectivity index (χ2n) is 4.13. The molecular weight excluding hydrogens is 260 g/mol. The third-order valence-electron chi connectivity index (χ3n) is 2.58. The molecule has 6 nitrogen and oxygen atoms in total. The smallest absolute Gasteiger partial charge is 0.238 e. The van der Waals surface area contributed by atoms with Gasteiger partial charge in [-0.05, 0) is 25.1 Å². The van der Waals surface area contributed by atoms with E-state index in [1.807, 2.05) is 6.92 Å². The first-order chi connectivity index (χ1) is 9.71. The van der Waals surface area contributed by atoms with Crippen molar-refractivity contribution in [2.75, 3.05) is 38.7 Å². The number of carbonyl (C=O) groups is 1. The van der Waals surface area contributed by atoms with Gasteiger partial charge < -0.3 is 25.2 Å². The quantitative estimate of drug-likeness (QED) is 0.583. The molecule has 1 rings (SSSR count). The molecule has 0 aliphatic carbocycles. The summed E-state index contributed by atoms with van der Waals surface area (Å²) in [5, 5.41) is 15.0. The minimum absolute atomic E-state index is 0.134. The predicted octanol–water partition coefficient (Wildman–Crippen LogP) is 0.752. The fraction of sp³-hybridized carbons (Fsp3) is 0.500. The number of methoxy groups -OCH3 is 1. The molecule has 0 fully saturated rings. The molecule has 1 amide bonds. The maximum Gasteiger partial charge on any atom is 0.238 e. The number of rotatable bonds is 9. The monoisotopic (exact) mass is 282 g/mol. The summed E-state index contributed by atoms with van der Waals surface area (Å²) in [4.78, 5) is 11.7. The summed E-state index contributed by atoms with van der Waals surface area (Å²) in [6, 6.07) is 5.19. The summed E-state index contributed by atoms with van der Waals surface area (Å²) in [7, 11) is 1.61. The summed E-state index contributed by atoms with van der Waals surface area (Å²) in [6.07, 6.45) is 0. The fourth-order valence-electron chi connectivity index (χ4n) is 1.66. The molecule has 0 saturated carbocycles. The standard InChI is InChI=1S/C14H22N2O4/c1-3-20-13-5-4-12(8-11(13)10-17)16-14(18)9-15-6-7-19-2/h4-5,8,15,17H,3,6-7,9-10H2,1-2H3,(H,16,18). The van der Waals surface area contributed by atoms with Gasteiger partial charge in [0.25, 0.3) is 0 Å². The van der Waals surface area contributed by atoms with E-state index >= 15 is 0 Å². The number of nitrogens with one attached hydrogen (secondary N) is 2. The number of aliphatic hydroxyl groups is 1. The van der Waals surface area contributed by atoms with Crippen LogP contribution < -0.4 is 15.4 Å². The lowest BCUT2D eigenvalue weighted by molar-refractivity contribution is -0.115. The average Bonchev–Trinajstić information content (AvgIpc) is 2.45. The molecule has 112 valence electrons. The van der Waals surface area contributed by atoms with Crippen LogP contribution in [0.25, 0.3) is 0 Å². The number of anilines is 1. The highest BCUT2D eigenvalue weighted by Gasteiger charge is 2.06. The molecule has 0 spiro atoms. The Labute approximate surface area is 119 Å². The summed E-state index contributed by atoms with van der Waals surface area (Å²) in [5.74, 6) is 0.486. The second-order valence-corrected chi connectivity index (χ2v) is 4.13. The summed E-state index contributed by atoms with van der Waals surface area (Å²) < 4.78 is 10.3. The lowest BCUT2D eigenvalue weighted by Crippen LogP contribution is -2.30. The van der Waals surface area contributed by atoms with Crippen molar-refractivity contribution in [2.45, 2.75) is 13.5 Å². The molecule has 1 aromatic rings. The van der Waals surface area contributed by atoms with Crippen LogP contribution in [0, 0.1) is 0 Å². The minimum Gasteiger partial charge on any atom is -0.494 e. The molecule has 0 atom stereocenters. The van der Waals surface area contributed by atoms with E-state index in [1.165, 1.54) is 0 Å². The van der Waals surface area contributed by atoms with Crippen LogP contribution in [-0.4, -0.2) is 44.4 Å². The Bertz CT molecular complexity index is 424. The molecule has 0 aliphatic rings. The maximum atomic E-state index is 11.7. The predicted molar refractivity (Wildman–Crippen MR) is 76.9 cm³/mol. The highest BCUT2D eigenvalue weighted by molar-refractivity contribution is 5.92. The number of benzene rings is 1. The molecule has 0 aliphatic heterocycles. The first kappa shape index (κ1) is 16.4. The van der Waals surface area contributed by atoms with E-state index in [0.29, 0.717) is 36.8 Å². The van der Waals surface area contributed by atoms with Gasteiger partial charge in [-0.3, -0.25) is 4.79 Å². The first-order valence-corrected chi connectivity index (χ1v) is 6.57. The number of amides is 1. The van der Waals surface area contributed by atoms with Gasteiger partial charge in [-0.25, -0.2) is 0 Å². The SMILES string of the molecule is CCOc1ccc(NC(=O)CNCCOC)cc1CO. The van der Waals surface area contributed by atoms with Gasteiger partial charge in [-0.1, -0.05) is 0 Å². The van der Waals surface area contributed by atoms with Crippen LogP contribution in [0.1, 0.15) is 12.5 Å². The van der Waals surface area contributed by atoms with Crippen LogP contribution in [0.5, 0.6) is 5.75 Å². The Morgan fingerprint density at radius 2 is 2.20 bits per heavy atom. The molecule has 0 unspecified atom stereocenters. The number of aliphatic hydroxyl groups excluding tert-OH is 1. The van der Waals surface area contributed by atoms with Crippen LogP contribution in [0.4, 0.5) is 5.69 Å². The zero-order chi connectivity index (χ0) is 14.8. The van der Waals surface area contributed by atoms with Crippen LogP contribution in [-0.2, 0) is 16.1 Å². The van der Waals surface area contributed by atoms with Gasteiger partial charge in [0.15, 0.2) is 0 Å². The average molecular weight is 282 g/mol. The molecule has 0 bridgehead atoms. The van der Waals surface area contributed by atoms with E-state index in [1.54, 1.807) is 25.3 Å². The highest BCUT2D eigenvalue weighted by Crippen LogP contribution is 2.22. The van der Waals surface area contributed by atoms with Crippen LogP contribution in [0.15, 0.2) is 18.2 Å². The lowest BCUT2D eigenvalue weighted by atomic mass is 10.2. The van der Waals surface area contributed by atoms with E-state index in [0.717, 1.165) is 0 Å². The van der Waals surface area contributed by atoms with E-state index in [2.05, 4.69) is 10.6 Å². The molecular formula is C14H22N2O4. The van der Waals surface area contributed by atoms with Crippen molar-refractivity contribution in [3.8, 4) is 5.75 Å². The van der Waals surface area contributed by atoms with Crippen molar-refractivity contribution in [3.63, 3.8) is 0 Å². The molecule has 6 heteroatoms. The highest BCUT2D eigenvalue weighted by atomic mass is 16.5. The number of ether oxygens (including phenoxy) is 2. The van der Waals surface area contributed by atoms with E-state index in [9.17, 15) is 9.90 Å². The fourth-order valence-corrected chi connectivity index (χ4v) is 1.66. The Kier molecular flexibility index (Phi) is 7.64. The van der Waals surface area contributed by atoms with Gasteiger partial charge in [0.05, 0.1) is 26.4 Å². The van der Waals surface area contributed by atoms with Gasteiger partial charge in [0, 0.05) is 24.9 Å². The normalized spacial score (nSPS) is 10.3. The van der Waals surface area contributed by atoms with E-state index < -0.39 is 0 Å². The topological polar surface area (TPSA) is 79.8 Å². The minimum atomic E-state index is -0.144. The number of hydrogen-bond acceptors (Lipinski definition) is 5. The lowest BCUT2D eigenvalue weighted by Gasteiger charge is -2.11. The summed E-state index contributed by atoms with van der Waals surface area (Å²) >= 11 is 0. The van der Waals surface area contributed by atoms with Gasteiger partial charge in [0.1, 0.15) is 5.75 Å². The summed E-state index contributed by atoms with van der Waals surface area (Å²) in [6.45, 7) is 3.67. The van der Waals surface area contributed by atoms with Crippen LogP contribution >= 0.6 is 0 Å². The Hall–Kier alpha value is -1.63. The number of carbonyl (C=O) groups excluding carboxylic acids is 1. The zero-order valence-electron chi connectivity index (χ0n) is 11.9. The third-order valence-corrected chi connectivity index (χ3v) is 2.58. The van der Waals surface area contributed by atoms with E-state index in [4.69, 9.17) is 9.47 Å². The molecule has 0 radical (unpaired) electrons. The van der Waals surface area contributed by atoms with Crippen molar-refractivity contribution in [1.29, 1.82) is 0 Å². The molecule has 3 N–H and O–H groups in total. The van der Waals surface area contributed by atoms with Crippen LogP contribution in [0.2, 0.25) is 0 Å². The Morgan fingerprint density at radius 3 is 2.85 bits per heavy atom. The first-order valence-electron chi connectivity index (χ1n) is 6.57. The van der Waals surface area contributed by atoms with Gasteiger partial charge in [-0.2, -0.15) is 0 Å². The molecule has 0 saturated heterocycles. The van der Waals surface area contributed by atoms with Crippen molar-refractivity contribution < 1.29 is 19.4 Å².